The lowest BCUT2D eigenvalue weighted by Crippen LogP contribution is -2.24. The third-order valence-corrected chi connectivity index (χ3v) is 6.37. The summed E-state index contributed by atoms with van der Waals surface area (Å²) in [6, 6.07) is 21.1. The number of nitro groups is 1. The van der Waals surface area contributed by atoms with Crippen molar-refractivity contribution in [3.05, 3.63) is 105 Å². The molecule has 1 aromatic heterocycles. The number of amides is 1. The van der Waals surface area contributed by atoms with Crippen LogP contribution in [0.15, 0.2) is 78.0 Å². The van der Waals surface area contributed by atoms with Crippen LogP contribution >= 0.6 is 11.8 Å². The van der Waals surface area contributed by atoms with Gasteiger partial charge in [-0.3, -0.25) is 19.5 Å². The van der Waals surface area contributed by atoms with Crippen LogP contribution in [0.25, 0.3) is 5.69 Å². The van der Waals surface area contributed by atoms with Crippen LogP contribution in [0.3, 0.4) is 0 Å². The minimum absolute atomic E-state index is 0.00898. The Hall–Kier alpha value is -4.18. The van der Waals surface area contributed by atoms with Gasteiger partial charge < -0.3 is 10.1 Å². The second-order valence-electron chi connectivity index (χ2n) is 7.63. The molecule has 4 aromatic rings. The predicted molar refractivity (Wildman–Crippen MR) is 133 cm³/mol. The van der Waals surface area contributed by atoms with Gasteiger partial charge in [0.15, 0.2) is 11.0 Å². The summed E-state index contributed by atoms with van der Waals surface area (Å²) in [5.41, 5.74) is 3.49. The molecule has 0 spiro atoms. The Kier molecular flexibility index (Phi) is 7.41. The summed E-state index contributed by atoms with van der Waals surface area (Å²) >= 11 is 1.50. The second kappa shape index (κ2) is 10.8. The maximum Gasteiger partial charge on any atom is 0.269 e. The summed E-state index contributed by atoms with van der Waals surface area (Å²) < 4.78 is 6.94. The number of carbonyl (C=O) groups excluding carboxylic acids is 1. The summed E-state index contributed by atoms with van der Waals surface area (Å²) in [6.07, 6.45) is 0. The topological polar surface area (TPSA) is 112 Å². The lowest BCUT2D eigenvalue weighted by Gasteiger charge is -2.12. The van der Waals surface area contributed by atoms with Crippen LogP contribution in [0.2, 0.25) is 0 Å². The fraction of sp³-hybridized carbons (Fsp3) is 0.160. The van der Waals surface area contributed by atoms with Gasteiger partial charge in [-0.15, -0.1) is 10.2 Å². The number of nitrogens with one attached hydrogen (secondary N) is 1. The van der Waals surface area contributed by atoms with E-state index in [2.05, 4.69) is 34.6 Å². The number of methoxy groups -OCH3 is 1. The van der Waals surface area contributed by atoms with E-state index in [1.807, 2.05) is 12.1 Å². The lowest BCUT2D eigenvalue weighted by atomic mass is 10.1. The molecule has 178 valence electrons. The summed E-state index contributed by atoms with van der Waals surface area (Å²) in [7, 11) is 1.56. The Morgan fingerprint density at radius 2 is 1.77 bits per heavy atom. The molecule has 0 saturated carbocycles. The molecule has 9 nitrogen and oxygen atoms in total. The van der Waals surface area contributed by atoms with Gasteiger partial charge >= 0.3 is 0 Å². The minimum Gasteiger partial charge on any atom is -0.497 e. The molecule has 0 unspecified atom stereocenters. The van der Waals surface area contributed by atoms with Crippen molar-refractivity contribution in [3.8, 4) is 11.4 Å². The molecule has 0 radical (unpaired) electrons. The van der Waals surface area contributed by atoms with Crippen LogP contribution in [0.5, 0.6) is 5.75 Å². The number of carbonyl (C=O) groups is 1. The van der Waals surface area contributed by atoms with Crippen molar-refractivity contribution in [1.29, 1.82) is 0 Å². The van der Waals surface area contributed by atoms with Crippen molar-refractivity contribution < 1.29 is 14.5 Å². The third kappa shape index (κ3) is 5.67. The highest BCUT2D eigenvalue weighted by Gasteiger charge is 2.17. The molecule has 0 fully saturated rings. The average molecular weight is 490 g/mol. The Morgan fingerprint density at radius 1 is 1.06 bits per heavy atom. The highest BCUT2D eigenvalue weighted by atomic mass is 32.2. The second-order valence-corrected chi connectivity index (χ2v) is 8.58. The van der Waals surface area contributed by atoms with Crippen LogP contribution in [0, 0.1) is 17.0 Å². The standard InChI is InChI=1S/C25H23N5O4S/c1-17-5-3-4-6-19(17)16-35-25-28-27-23(29(25)20-9-11-21(12-10-20)30(32)33)15-26-24(31)18-7-13-22(34-2)14-8-18/h3-14H,15-16H2,1-2H3,(H,26,31). The molecule has 3 aromatic carbocycles. The molecule has 0 bridgehead atoms. The highest BCUT2D eigenvalue weighted by molar-refractivity contribution is 7.98. The summed E-state index contributed by atoms with van der Waals surface area (Å²) in [6.45, 7) is 2.18. The van der Waals surface area contributed by atoms with Crippen LogP contribution < -0.4 is 10.1 Å². The summed E-state index contributed by atoms with van der Waals surface area (Å²) in [4.78, 5) is 23.3. The van der Waals surface area contributed by atoms with Crippen molar-refractivity contribution >= 4 is 23.4 Å². The van der Waals surface area contributed by atoms with Crippen LogP contribution in [-0.2, 0) is 12.3 Å². The van der Waals surface area contributed by atoms with Crippen molar-refractivity contribution in [2.24, 2.45) is 0 Å². The monoisotopic (exact) mass is 489 g/mol. The molecular formula is C25H23N5O4S. The van der Waals surface area contributed by atoms with Crippen molar-refractivity contribution in [1.82, 2.24) is 20.1 Å². The van der Waals surface area contributed by atoms with Crippen LogP contribution in [0.1, 0.15) is 27.3 Å². The number of hydrogen-bond acceptors (Lipinski definition) is 7. The molecule has 0 aliphatic heterocycles. The molecule has 0 aliphatic carbocycles. The van der Waals surface area contributed by atoms with Gasteiger partial charge in [0.1, 0.15) is 5.75 Å². The smallest absolute Gasteiger partial charge is 0.269 e. The van der Waals surface area contributed by atoms with Gasteiger partial charge in [-0.1, -0.05) is 36.0 Å². The summed E-state index contributed by atoms with van der Waals surface area (Å²) in [5, 5.41) is 23.2. The predicted octanol–water partition coefficient (Wildman–Crippen LogP) is 4.71. The molecule has 35 heavy (non-hydrogen) atoms. The van der Waals surface area contributed by atoms with Gasteiger partial charge in [-0.2, -0.15) is 0 Å². The molecule has 4 rings (SSSR count). The zero-order valence-electron chi connectivity index (χ0n) is 19.2. The molecular weight excluding hydrogens is 466 g/mol. The number of ether oxygens (including phenoxy) is 1. The normalized spacial score (nSPS) is 10.7. The third-order valence-electron chi connectivity index (χ3n) is 5.40. The van der Waals surface area contributed by atoms with E-state index in [1.54, 1.807) is 48.1 Å². The van der Waals surface area contributed by atoms with Gasteiger partial charge in [0.2, 0.25) is 0 Å². The van der Waals surface area contributed by atoms with Crippen molar-refractivity contribution in [2.45, 2.75) is 24.4 Å². The molecule has 1 N–H and O–H groups in total. The number of aromatic nitrogens is 3. The first-order valence-corrected chi connectivity index (χ1v) is 11.7. The van der Waals surface area contributed by atoms with E-state index < -0.39 is 4.92 Å². The first-order chi connectivity index (χ1) is 17.0. The van der Waals surface area contributed by atoms with E-state index in [9.17, 15) is 14.9 Å². The number of aryl methyl sites for hydroxylation is 1. The molecule has 10 heteroatoms. The lowest BCUT2D eigenvalue weighted by molar-refractivity contribution is -0.384. The van der Waals surface area contributed by atoms with Gasteiger partial charge in [-0.25, -0.2) is 0 Å². The van der Waals surface area contributed by atoms with Crippen LogP contribution in [0.4, 0.5) is 5.69 Å². The van der Waals surface area contributed by atoms with E-state index in [0.29, 0.717) is 33.7 Å². The van der Waals surface area contributed by atoms with Gasteiger partial charge in [0.25, 0.3) is 11.6 Å². The van der Waals surface area contributed by atoms with Crippen LogP contribution in [-0.4, -0.2) is 32.7 Å². The zero-order chi connectivity index (χ0) is 24.8. The summed E-state index contributed by atoms with van der Waals surface area (Å²) in [5.74, 6) is 1.58. The number of nitrogens with zero attached hydrogens (tertiary/aromatic N) is 4. The first-order valence-electron chi connectivity index (χ1n) is 10.7. The molecule has 0 aliphatic rings. The van der Waals surface area contributed by atoms with E-state index in [1.165, 1.54) is 35.0 Å². The van der Waals surface area contributed by atoms with Gasteiger partial charge in [-0.05, 0) is 54.4 Å². The van der Waals surface area contributed by atoms with E-state index in [-0.39, 0.29) is 18.1 Å². The Labute approximate surface area is 206 Å². The zero-order valence-corrected chi connectivity index (χ0v) is 20.0. The van der Waals surface area contributed by atoms with Crippen molar-refractivity contribution in [3.63, 3.8) is 0 Å². The molecule has 0 saturated heterocycles. The maximum atomic E-state index is 12.7. The highest BCUT2D eigenvalue weighted by Crippen LogP contribution is 2.27. The fourth-order valence-corrected chi connectivity index (χ4v) is 4.46. The maximum absolute atomic E-state index is 12.7. The Morgan fingerprint density at radius 3 is 2.43 bits per heavy atom. The molecule has 1 heterocycles. The average Bonchev–Trinajstić information content (AvgIpc) is 3.29. The number of benzene rings is 3. The quantitative estimate of drug-likeness (QED) is 0.206. The number of non-ortho nitro benzene ring substituents is 1. The first kappa shape index (κ1) is 24.0. The number of rotatable bonds is 9. The van der Waals surface area contributed by atoms with E-state index in [0.717, 1.165) is 0 Å². The van der Waals surface area contributed by atoms with Gasteiger partial charge in [0.05, 0.1) is 18.6 Å². The Balaban J connectivity index is 1.58. The number of hydrogen-bond donors (Lipinski definition) is 1. The SMILES string of the molecule is COc1ccc(C(=O)NCc2nnc(SCc3ccccc3C)n2-c2ccc([N+](=O)[O-])cc2)cc1. The van der Waals surface area contributed by atoms with E-state index in [4.69, 9.17) is 4.74 Å². The Bertz CT molecular complexity index is 1340. The molecule has 0 atom stereocenters. The van der Waals surface area contributed by atoms with E-state index >= 15 is 0 Å². The molecule has 1 amide bonds. The minimum atomic E-state index is -0.445. The largest absolute Gasteiger partial charge is 0.497 e. The fourth-order valence-electron chi connectivity index (χ4n) is 3.41. The van der Waals surface area contributed by atoms with Crippen molar-refractivity contribution in [2.75, 3.05) is 7.11 Å². The number of nitro benzene ring substituents is 1. The van der Waals surface area contributed by atoms with Gasteiger partial charge in [0, 0.05) is 29.1 Å². The number of thioether (sulfide) groups is 1.